The Bertz CT molecular complexity index is 530. The Morgan fingerprint density at radius 3 is 2.54 bits per heavy atom. The van der Waals surface area contributed by atoms with E-state index in [4.69, 9.17) is 4.74 Å². The molecule has 0 saturated carbocycles. The topological polar surface area (TPSA) is 41.6 Å². The van der Waals surface area contributed by atoms with E-state index in [-0.39, 0.29) is 24.1 Å². The van der Waals surface area contributed by atoms with Crippen LogP contribution in [-0.2, 0) is 11.2 Å². The van der Waals surface area contributed by atoms with Crippen LogP contribution in [0.3, 0.4) is 0 Å². The molecular weight excluding hydrogens is 307 g/mol. The van der Waals surface area contributed by atoms with Crippen molar-refractivity contribution in [3.05, 3.63) is 35.9 Å². The van der Waals surface area contributed by atoms with Gasteiger partial charge in [0.25, 0.3) is 0 Å². The van der Waals surface area contributed by atoms with Crippen molar-refractivity contribution in [1.29, 1.82) is 0 Å². The molecule has 1 amide bonds. The van der Waals surface area contributed by atoms with Gasteiger partial charge >= 0.3 is 6.09 Å². The second kappa shape index (κ2) is 7.97. The first kappa shape index (κ1) is 18.7. The van der Waals surface area contributed by atoms with E-state index in [9.17, 15) is 9.28 Å². The number of carbonyl (C=O) groups excluding carboxylic acids is 1. The fraction of sp³-hybridized carbons (Fsp3) is 0.632. The minimum atomic E-state index is -0.528. The summed E-state index contributed by atoms with van der Waals surface area (Å²) in [6.45, 7) is 8.12. The van der Waals surface area contributed by atoms with E-state index in [1.165, 1.54) is 0 Å². The summed E-state index contributed by atoms with van der Waals surface area (Å²) >= 11 is 0. The van der Waals surface area contributed by atoms with Gasteiger partial charge in [-0.25, -0.2) is 4.79 Å². The van der Waals surface area contributed by atoms with Gasteiger partial charge in [-0.05, 0) is 51.5 Å². The van der Waals surface area contributed by atoms with Crippen molar-refractivity contribution in [3.63, 3.8) is 0 Å². The molecule has 1 N–H and O–H groups in total. The Morgan fingerprint density at radius 2 is 2.00 bits per heavy atom. The Labute approximate surface area is 144 Å². The fourth-order valence-electron chi connectivity index (χ4n) is 3.33. The lowest BCUT2D eigenvalue weighted by Crippen LogP contribution is -2.55. The summed E-state index contributed by atoms with van der Waals surface area (Å²) in [5.74, 6) is 0.0210. The molecule has 1 aliphatic rings. The van der Waals surface area contributed by atoms with Gasteiger partial charge in [0.1, 0.15) is 5.60 Å². The van der Waals surface area contributed by atoms with Crippen molar-refractivity contribution in [2.45, 2.75) is 64.6 Å². The van der Waals surface area contributed by atoms with Crippen molar-refractivity contribution in [2.75, 3.05) is 6.54 Å². The molecule has 3 atom stereocenters. The number of benzene rings is 1. The zero-order chi connectivity index (χ0) is 17.7. The van der Waals surface area contributed by atoms with E-state index in [2.05, 4.69) is 0 Å². The third kappa shape index (κ3) is 4.94. The minimum absolute atomic E-state index is 0.000114. The molecule has 0 radical (unpaired) electrons. The van der Waals surface area contributed by atoms with Crippen LogP contribution < -0.4 is 5.54 Å². The lowest BCUT2D eigenvalue weighted by atomic mass is 9.83. The molecule has 134 valence electrons. The maximum absolute atomic E-state index is 13.4. The number of piperidine rings is 1. The molecule has 1 fully saturated rings. The van der Waals surface area contributed by atoms with Crippen LogP contribution in [0.25, 0.3) is 0 Å². The number of amides is 1. The average Bonchev–Trinajstić information content (AvgIpc) is 2.53. The molecule has 0 spiro atoms. The first-order chi connectivity index (χ1) is 11.3. The number of hydrogen-bond acceptors (Lipinski definition) is 3. The first-order valence-electron chi connectivity index (χ1n) is 8.73. The summed E-state index contributed by atoms with van der Waals surface area (Å²) in [4.78, 5) is 14.3. The molecule has 1 heterocycles. The number of likely N-dealkylation sites (tertiary alicyclic amines) is 1. The maximum atomic E-state index is 13.4. The SMILES string of the molecule is CCC1CC(NF)C(Cc2ccccc2)CN1C(=O)OC(C)(C)C. The highest BCUT2D eigenvalue weighted by molar-refractivity contribution is 5.68. The summed E-state index contributed by atoms with van der Waals surface area (Å²) in [5.41, 5.74) is 2.59. The predicted molar refractivity (Wildman–Crippen MR) is 93.3 cm³/mol. The Balaban J connectivity index is 2.14. The molecule has 5 heteroatoms. The molecule has 1 saturated heterocycles. The van der Waals surface area contributed by atoms with Gasteiger partial charge in [-0.3, -0.25) is 0 Å². The summed E-state index contributed by atoms with van der Waals surface area (Å²) in [6, 6.07) is 9.77. The molecule has 1 aromatic carbocycles. The second-order valence-electron chi connectivity index (χ2n) is 7.60. The van der Waals surface area contributed by atoms with E-state index in [0.29, 0.717) is 13.0 Å². The van der Waals surface area contributed by atoms with Crippen LogP contribution in [0.4, 0.5) is 9.28 Å². The largest absolute Gasteiger partial charge is 0.444 e. The normalized spacial score (nSPS) is 24.7. The predicted octanol–water partition coefficient (Wildman–Crippen LogP) is 4.11. The van der Waals surface area contributed by atoms with Gasteiger partial charge in [-0.1, -0.05) is 37.3 Å². The zero-order valence-corrected chi connectivity index (χ0v) is 15.1. The van der Waals surface area contributed by atoms with Crippen molar-refractivity contribution in [3.8, 4) is 0 Å². The van der Waals surface area contributed by atoms with E-state index in [1.54, 1.807) is 4.90 Å². The lowest BCUT2D eigenvalue weighted by molar-refractivity contribution is -0.00827. The van der Waals surface area contributed by atoms with Crippen LogP contribution in [0.2, 0.25) is 0 Å². The fourth-order valence-corrected chi connectivity index (χ4v) is 3.33. The lowest BCUT2D eigenvalue weighted by Gasteiger charge is -2.43. The van der Waals surface area contributed by atoms with Gasteiger partial charge in [0.2, 0.25) is 0 Å². The minimum Gasteiger partial charge on any atom is -0.444 e. The Kier molecular flexibility index (Phi) is 6.21. The number of halogens is 1. The average molecular weight is 336 g/mol. The number of hydrogen-bond donors (Lipinski definition) is 1. The van der Waals surface area contributed by atoms with Crippen LogP contribution >= 0.6 is 0 Å². The summed E-state index contributed by atoms with van der Waals surface area (Å²) < 4.78 is 18.9. The van der Waals surface area contributed by atoms with Crippen LogP contribution in [0.15, 0.2) is 30.3 Å². The second-order valence-corrected chi connectivity index (χ2v) is 7.60. The molecule has 4 nitrogen and oxygen atoms in total. The summed E-state index contributed by atoms with van der Waals surface area (Å²) in [7, 11) is 0. The van der Waals surface area contributed by atoms with Gasteiger partial charge in [0, 0.05) is 18.6 Å². The van der Waals surface area contributed by atoms with E-state index in [0.717, 1.165) is 18.4 Å². The molecule has 1 aromatic rings. The molecular formula is C19H29FN2O2. The van der Waals surface area contributed by atoms with Crippen molar-refractivity contribution in [2.24, 2.45) is 5.92 Å². The molecule has 2 rings (SSSR count). The highest BCUT2D eigenvalue weighted by Gasteiger charge is 2.38. The summed E-state index contributed by atoms with van der Waals surface area (Å²) in [5, 5.41) is 0. The number of rotatable bonds is 4. The van der Waals surface area contributed by atoms with Gasteiger partial charge < -0.3 is 9.64 Å². The third-order valence-electron chi connectivity index (χ3n) is 4.55. The maximum Gasteiger partial charge on any atom is 0.410 e. The van der Waals surface area contributed by atoms with E-state index >= 15 is 0 Å². The number of nitrogens with zero attached hydrogens (tertiary/aromatic N) is 1. The third-order valence-corrected chi connectivity index (χ3v) is 4.55. The Hall–Kier alpha value is -1.62. The van der Waals surface area contributed by atoms with Crippen LogP contribution in [0.1, 0.15) is 46.1 Å². The van der Waals surface area contributed by atoms with E-state index in [1.807, 2.05) is 63.6 Å². The van der Waals surface area contributed by atoms with Crippen LogP contribution in [0.5, 0.6) is 0 Å². The Morgan fingerprint density at radius 1 is 1.33 bits per heavy atom. The number of ether oxygens (including phenoxy) is 1. The van der Waals surface area contributed by atoms with Gasteiger partial charge in [-0.2, -0.15) is 5.54 Å². The van der Waals surface area contributed by atoms with Gasteiger partial charge in [-0.15, -0.1) is 4.48 Å². The van der Waals surface area contributed by atoms with Gasteiger partial charge in [0.05, 0.1) is 0 Å². The van der Waals surface area contributed by atoms with Crippen molar-refractivity contribution >= 4 is 6.09 Å². The quantitative estimate of drug-likeness (QED) is 0.842. The zero-order valence-electron chi connectivity index (χ0n) is 15.1. The monoisotopic (exact) mass is 336 g/mol. The summed E-state index contributed by atoms with van der Waals surface area (Å²) in [6.07, 6.45) is 1.82. The first-order valence-corrected chi connectivity index (χ1v) is 8.73. The smallest absolute Gasteiger partial charge is 0.410 e. The molecule has 24 heavy (non-hydrogen) atoms. The van der Waals surface area contributed by atoms with Gasteiger partial charge in [0.15, 0.2) is 0 Å². The highest BCUT2D eigenvalue weighted by Crippen LogP contribution is 2.29. The molecule has 0 bridgehead atoms. The molecule has 1 aliphatic heterocycles. The van der Waals surface area contributed by atoms with Crippen LogP contribution in [-0.4, -0.2) is 35.2 Å². The molecule has 0 aliphatic carbocycles. The standard InChI is InChI=1S/C19H29FN2O2/c1-5-16-12-17(21-20)15(11-14-9-7-6-8-10-14)13-22(16)18(23)24-19(2,3)4/h6-10,15-17,21H,5,11-13H2,1-4H3. The molecule has 3 unspecified atom stereocenters. The van der Waals surface area contributed by atoms with Crippen molar-refractivity contribution < 1.29 is 14.0 Å². The number of carbonyl (C=O) groups is 1. The molecule has 0 aromatic heterocycles. The highest BCUT2D eigenvalue weighted by atomic mass is 19.2. The van der Waals surface area contributed by atoms with Crippen molar-refractivity contribution in [1.82, 2.24) is 10.4 Å². The number of nitrogens with one attached hydrogen (secondary N) is 1. The van der Waals surface area contributed by atoms with Crippen LogP contribution in [0, 0.1) is 5.92 Å². The van der Waals surface area contributed by atoms with E-state index < -0.39 is 5.60 Å².